The van der Waals surface area contributed by atoms with Gasteiger partial charge in [-0.05, 0) is 41.8 Å². The molecule has 3 N–H and O–H groups in total. The maximum absolute atomic E-state index is 13.2. The molecule has 0 radical (unpaired) electrons. The van der Waals surface area contributed by atoms with Crippen molar-refractivity contribution in [1.82, 2.24) is 5.43 Å². The van der Waals surface area contributed by atoms with E-state index in [1.807, 2.05) is 18.2 Å². The summed E-state index contributed by atoms with van der Waals surface area (Å²) in [6, 6.07) is 11.9. The number of halogens is 3. The van der Waals surface area contributed by atoms with Gasteiger partial charge >= 0.3 is 0 Å². The van der Waals surface area contributed by atoms with Gasteiger partial charge in [0.25, 0.3) is 0 Å². The molecule has 2 nitrogen and oxygen atoms in total. The smallest absolute Gasteiger partial charge is 0.123 e. The molecule has 2 aromatic rings. The molecule has 1 unspecified atom stereocenters. The van der Waals surface area contributed by atoms with Crippen LogP contribution in [-0.2, 0) is 6.42 Å². The fourth-order valence-corrected chi connectivity index (χ4v) is 2.90. The standard InChI is InChI=1S/C14H13BrClFN2/c15-13-8-10(16)4-5-12(13)14(19-18)7-9-2-1-3-11(17)6-9/h1-6,8,14,19H,7,18H2. The van der Waals surface area contributed by atoms with E-state index in [-0.39, 0.29) is 11.9 Å². The molecule has 0 aromatic heterocycles. The Labute approximate surface area is 124 Å². The number of hydrogen-bond donors (Lipinski definition) is 2. The molecule has 0 aliphatic rings. The summed E-state index contributed by atoms with van der Waals surface area (Å²) in [5.74, 6) is 5.35. The Morgan fingerprint density at radius 1 is 1.26 bits per heavy atom. The lowest BCUT2D eigenvalue weighted by Gasteiger charge is -2.18. The first-order chi connectivity index (χ1) is 9.10. The molecule has 0 spiro atoms. The quantitative estimate of drug-likeness (QED) is 0.651. The van der Waals surface area contributed by atoms with Gasteiger partial charge in [0.1, 0.15) is 5.82 Å². The molecule has 0 saturated heterocycles. The SMILES string of the molecule is NNC(Cc1cccc(F)c1)c1ccc(Cl)cc1Br. The van der Waals surface area contributed by atoms with Gasteiger partial charge in [-0.1, -0.05) is 45.7 Å². The van der Waals surface area contributed by atoms with Gasteiger partial charge in [0, 0.05) is 9.50 Å². The van der Waals surface area contributed by atoms with Crippen LogP contribution >= 0.6 is 27.5 Å². The Bertz CT molecular complexity index is 577. The van der Waals surface area contributed by atoms with Crippen LogP contribution in [0.25, 0.3) is 0 Å². The molecule has 0 heterocycles. The third-order valence-electron chi connectivity index (χ3n) is 2.87. The molecular formula is C14H13BrClFN2. The van der Waals surface area contributed by atoms with Gasteiger partial charge in [0.05, 0.1) is 6.04 Å². The molecule has 0 bridgehead atoms. The third-order valence-corrected chi connectivity index (χ3v) is 3.79. The fraction of sp³-hybridized carbons (Fsp3) is 0.143. The molecule has 5 heteroatoms. The summed E-state index contributed by atoms with van der Waals surface area (Å²) in [6.07, 6.45) is 0.592. The molecule has 19 heavy (non-hydrogen) atoms. The van der Waals surface area contributed by atoms with Crippen molar-refractivity contribution in [1.29, 1.82) is 0 Å². The Kier molecular flexibility index (Phi) is 4.93. The van der Waals surface area contributed by atoms with Gasteiger partial charge in [-0.2, -0.15) is 0 Å². The lowest BCUT2D eigenvalue weighted by molar-refractivity contribution is 0.547. The summed E-state index contributed by atoms with van der Waals surface area (Å²) in [5, 5.41) is 0.650. The zero-order valence-electron chi connectivity index (χ0n) is 10.0. The largest absolute Gasteiger partial charge is 0.271 e. The predicted octanol–water partition coefficient (Wildman–Crippen LogP) is 3.99. The second-order valence-corrected chi connectivity index (χ2v) is 5.51. The number of rotatable bonds is 4. The minimum absolute atomic E-state index is 0.117. The second kappa shape index (κ2) is 6.48. The van der Waals surface area contributed by atoms with Crippen LogP contribution in [0.3, 0.4) is 0 Å². The van der Waals surface area contributed by atoms with Gasteiger partial charge < -0.3 is 0 Å². The monoisotopic (exact) mass is 342 g/mol. The molecule has 1 atom stereocenters. The van der Waals surface area contributed by atoms with E-state index in [1.54, 1.807) is 12.1 Å². The highest BCUT2D eigenvalue weighted by atomic mass is 79.9. The van der Waals surface area contributed by atoms with Crippen LogP contribution in [-0.4, -0.2) is 0 Å². The molecular weight excluding hydrogens is 331 g/mol. The zero-order valence-corrected chi connectivity index (χ0v) is 12.4. The normalized spacial score (nSPS) is 12.4. The predicted molar refractivity (Wildman–Crippen MR) is 79.3 cm³/mol. The van der Waals surface area contributed by atoms with Crippen molar-refractivity contribution in [2.45, 2.75) is 12.5 Å². The average molecular weight is 344 g/mol. The van der Waals surface area contributed by atoms with Crippen LogP contribution in [0.1, 0.15) is 17.2 Å². The lowest BCUT2D eigenvalue weighted by Crippen LogP contribution is -2.29. The van der Waals surface area contributed by atoms with Crippen molar-refractivity contribution in [3.63, 3.8) is 0 Å². The molecule has 2 rings (SSSR count). The van der Waals surface area contributed by atoms with Gasteiger partial charge in [0.2, 0.25) is 0 Å². The zero-order chi connectivity index (χ0) is 13.8. The lowest BCUT2D eigenvalue weighted by atomic mass is 9.99. The number of benzene rings is 2. The van der Waals surface area contributed by atoms with E-state index in [2.05, 4.69) is 21.4 Å². The summed E-state index contributed by atoms with van der Waals surface area (Å²) in [5.41, 5.74) is 4.61. The number of hydrazine groups is 1. The minimum atomic E-state index is -0.247. The Morgan fingerprint density at radius 3 is 2.68 bits per heavy atom. The molecule has 100 valence electrons. The van der Waals surface area contributed by atoms with Gasteiger partial charge in [-0.25, -0.2) is 4.39 Å². The molecule has 0 aliphatic carbocycles. The van der Waals surface area contributed by atoms with Crippen molar-refractivity contribution >= 4 is 27.5 Å². The maximum atomic E-state index is 13.2. The summed E-state index contributed by atoms with van der Waals surface area (Å²) in [7, 11) is 0. The molecule has 0 amide bonds. The second-order valence-electron chi connectivity index (χ2n) is 4.22. The molecule has 0 saturated carbocycles. The topological polar surface area (TPSA) is 38.0 Å². The molecule has 0 aliphatic heterocycles. The Hall–Kier alpha value is -0.940. The van der Waals surface area contributed by atoms with Crippen LogP contribution < -0.4 is 11.3 Å². The van der Waals surface area contributed by atoms with E-state index in [1.165, 1.54) is 12.1 Å². The van der Waals surface area contributed by atoms with Gasteiger partial charge in [-0.3, -0.25) is 11.3 Å². The Morgan fingerprint density at radius 2 is 2.05 bits per heavy atom. The first-order valence-corrected chi connectivity index (χ1v) is 6.93. The van der Waals surface area contributed by atoms with Crippen LogP contribution in [0, 0.1) is 5.82 Å². The van der Waals surface area contributed by atoms with E-state index in [0.29, 0.717) is 11.4 Å². The van der Waals surface area contributed by atoms with E-state index in [4.69, 9.17) is 17.4 Å². The third kappa shape index (κ3) is 3.76. The van der Waals surface area contributed by atoms with Crippen LogP contribution in [0.2, 0.25) is 5.02 Å². The summed E-state index contributed by atoms with van der Waals surface area (Å²) in [6.45, 7) is 0. The molecule has 0 fully saturated rings. The van der Waals surface area contributed by atoms with Crippen LogP contribution in [0.4, 0.5) is 4.39 Å². The van der Waals surface area contributed by atoms with E-state index in [9.17, 15) is 4.39 Å². The van der Waals surface area contributed by atoms with Crippen molar-refractivity contribution < 1.29 is 4.39 Å². The number of hydrogen-bond acceptors (Lipinski definition) is 2. The fourth-order valence-electron chi connectivity index (χ4n) is 1.94. The summed E-state index contributed by atoms with van der Waals surface area (Å²) in [4.78, 5) is 0. The Balaban J connectivity index is 2.25. The summed E-state index contributed by atoms with van der Waals surface area (Å²) < 4.78 is 14.1. The minimum Gasteiger partial charge on any atom is -0.271 e. The highest BCUT2D eigenvalue weighted by Gasteiger charge is 2.14. The number of nitrogens with two attached hydrogens (primary N) is 1. The highest BCUT2D eigenvalue weighted by Crippen LogP contribution is 2.28. The van der Waals surface area contributed by atoms with E-state index in [0.717, 1.165) is 15.6 Å². The highest BCUT2D eigenvalue weighted by molar-refractivity contribution is 9.10. The first-order valence-electron chi connectivity index (χ1n) is 5.75. The first kappa shape index (κ1) is 14.5. The van der Waals surface area contributed by atoms with Crippen molar-refractivity contribution in [2.75, 3.05) is 0 Å². The van der Waals surface area contributed by atoms with Gasteiger partial charge in [0.15, 0.2) is 0 Å². The maximum Gasteiger partial charge on any atom is 0.123 e. The average Bonchev–Trinajstić information content (AvgIpc) is 2.37. The molecule has 2 aromatic carbocycles. The van der Waals surface area contributed by atoms with Crippen LogP contribution in [0.5, 0.6) is 0 Å². The van der Waals surface area contributed by atoms with Gasteiger partial charge in [-0.15, -0.1) is 0 Å². The van der Waals surface area contributed by atoms with Crippen LogP contribution in [0.15, 0.2) is 46.9 Å². The van der Waals surface area contributed by atoms with E-state index < -0.39 is 0 Å². The van der Waals surface area contributed by atoms with Crippen molar-refractivity contribution in [2.24, 2.45) is 5.84 Å². The number of nitrogens with one attached hydrogen (secondary N) is 1. The van der Waals surface area contributed by atoms with Crippen molar-refractivity contribution in [3.05, 3.63) is 68.9 Å². The van der Waals surface area contributed by atoms with E-state index >= 15 is 0 Å². The summed E-state index contributed by atoms with van der Waals surface area (Å²) >= 11 is 9.38. The van der Waals surface area contributed by atoms with Crippen molar-refractivity contribution in [3.8, 4) is 0 Å².